The number of ether oxygens (including phenoxy) is 2. The van der Waals surface area contributed by atoms with Gasteiger partial charge in [-0.2, -0.15) is 0 Å². The molecule has 0 unspecified atom stereocenters. The highest BCUT2D eigenvalue weighted by atomic mass is 16.7. The Bertz CT molecular complexity index is 818. The fourth-order valence-electron chi connectivity index (χ4n) is 2.11. The van der Waals surface area contributed by atoms with Crippen molar-refractivity contribution in [3.8, 4) is 5.75 Å². The van der Waals surface area contributed by atoms with Gasteiger partial charge in [0.15, 0.2) is 0 Å². The van der Waals surface area contributed by atoms with Gasteiger partial charge in [-0.25, -0.2) is 4.79 Å². The zero-order valence-corrected chi connectivity index (χ0v) is 15.5. The molecule has 0 heterocycles. The lowest BCUT2D eigenvalue weighted by Crippen LogP contribution is -2.23. The highest BCUT2D eigenvalue weighted by molar-refractivity contribution is 6.33. The zero-order chi connectivity index (χ0) is 19.6. The summed E-state index contributed by atoms with van der Waals surface area (Å²) in [6, 6.07) is 15.2. The number of aryl methyl sites for hydroxylation is 1. The molecule has 0 fully saturated rings. The lowest BCUT2D eigenvalue weighted by atomic mass is 10.1. The van der Waals surface area contributed by atoms with E-state index in [1.165, 1.54) is 14.2 Å². The van der Waals surface area contributed by atoms with Gasteiger partial charge in [0.05, 0.1) is 19.4 Å². The molecule has 142 valence electrons. The van der Waals surface area contributed by atoms with E-state index in [1.807, 2.05) is 49.4 Å². The van der Waals surface area contributed by atoms with E-state index < -0.39 is 5.97 Å². The first-order valence-corrected chi connectivity index (χ1v) is 8.14. The second-order valence-corrected chi connectivity index (χ2v) is 5.51. The highest BCUT2D eigenvalue weighted by Gasteiger charge is 2.17. The standard InChI is InChI=1S/C20H22N2O5/c1-14-10-11-17(12-18(14)27-19(22-25-4)20(23)24-3)15(2)21-26-13-16-8-6-5-7-9-16/h5-12,21H,2,13H2,1,3-4H3. The van der Waals surface area contributed by atoms with Crippen LogP contribution in [0.25, 0.3) is 5.70 Å². The predicted octanol–water partition coefficient (Wildman–Crippen LogP) is 3.20. The first-order chi connectivity index (χ1) is 13.0. The SMILES string of the molecule is C=C(NOCc1ccccc1)c1ccc(C)c(OC(=NOC)C(=O)OC)c1. The number of benzene rings is 2. The summed E-state index contributed by atoms with van der Waals surface area (Å²) in [5.74, 6) is -0.636. The summed E-state index contributed by atoms with van der Waals surface area (Å²) in [6.45, 7) is 6.18. The molecule has 0 saturated heterocycles. The monoisotopic (exact) mass is 370 g/mol. The van der Waals surface area contributed by atoms with Gasteiger partial charge in [0.2, 0.25) is 0 Å². The summed E-state index contributed by atoms with van der Waals surface area (Å²) >= 11 is 0. The molecule has 2 rings (SSSR count). The maximum Gasteiger partial charge on any atom is 0.397 e. The Morgan fingerprint density at radius 3 is 2.56 bits per heavy atom. The predicted molar refractivity (Wildman–Crippen MR) is 102 cm³/mol. The summed E-state index contributed by atoms with van der Waals surface area (Å²) < 4.78 is 10.2. The molecule has 0 atom stereocenters. The molecule has 0 radical (unpaired) electrons. The molecule has 0 aliphatic heterocycles. The van der Waals surface area contributed by atoms with E-state index >= 15 is 0 Å². The van der Waals surface area contributed by atoms with Crippen molar-refractivity contribution in [1.82, 2.24) is 5.48 Å². The molecule has 7 heteroatoms. The number of rotatable bonds is 7. The van der Waals surface area contributed by atoms with Gasteiger partial charge < -0.3 is 14.3 Å². The molecule has 0 amide bonds. The molecule has 0 aliphatic carbocycles. The average Bonchev–Trinajstić information content (AvgIpc) is 2.69. The fraction of sp³-hybridized carbons (Fsp3) is 0.200. The largest absolute Gasteiger partial charge is 0.462 e. The quantitative estimate of drug-likeness (QED) is 0.349. The number of esters is 1. The van der Waals surface area contributed by atoms with E-state index in [9.17, 15) is 4.79 Å². The minimum Gasteiger partial charge on any atom is -0.462 e. The van der Waals surface area contributed by atoms with Crippen LogP contribution in [0, 0.1) is 6.92 Å². The molecule has 27 heavy (non-hydrogen) atoms. The minimum absolute atomic E-state index is 0.306. The minimum atomic E-state index is -0.746. The molecule has 0 spiro atoms. The Kier molecular flexibility index (Phi) is 7.39. The number of nitrogens with zero attached hydrogens (tertiary/aromatic N) is 1. The van der Waals surface area contributed by atoms with Crippen LogP contribution in [0.1, 0.15) is 16.7 Å². The Morgan fingerprint density at radius 2 is 1.89 bits per heavy atom. The number of methoxy groups -OCH3 is 1. The van der Waals surface area contributed by atoms with Crippen molar-refractivity contribution in [2.75, 3.05) is 14.2 Å². The van der Waals surface area contributed by atoms with Gasteiger partial charge in [0.25, 0.3) is 0 Å². The van der Waals surface area contributed by atoms with Crippen LogP contribution in [0.3, 0.4) is 0 Å². The van der Waals surface area contributed by atoms with Crippen LogP contribution in [-0.2, 0) is 25.8 Å². The summed E-state index contributed by atoms with van der Waals surface area (Å²) in [7, 11) is 2.54. The molecule has 0 saturated carbocycles. The van der Waals surface area contributed by atoms with Gasteiger partial charge in [-0.1, -0.05) is 49.0 Å². The second-order valence-electron chi connectivity index (χ2n) is 5.51. The molecule has 2 aromatic carbocycles. The number of hydroxylamine groups is 1. The molecular formula is C20H22N2O5. The summed E-state index contributed by atoms with van der Waals surface area (Å²) in [6.07, 6.45) is 0. The van der Waals surface area contributed by atoms with Crippen LogP contribution in [0.5, 0.6) is 5.75 Å². The molecule has 0 bridgehead atoms. The van der Waals surface area contributed by atoms with Crippen molar-refractivity contribution >= 4 is 17.6 Å². The van der Waals surface area contributed by atoms with Crippen molar-refractivity contribution in [1.29, 1.82) is 0 Å². The summed E-state index contributed by atoms with van der Waals surface area (Å²) in [5, 5.41) is 3.55. The number of carbonyl (C=O) groups is 1. The van der Waals surface area contributed by atoms with E-state index in [0.717, 1.165) is 16.7 Å². The highest BCUT2D eigenvalue weighted by Crippen LogP contribution is 2.23. The maximum absolute atomic E-state index is 11.7. The van der Waals surface area contributed by atoms with Gasteiger partial charge in [-0.3, -0.25) is 10.3 Å². The van der Waals surface area contributed by atoms with E-state index in [4.69, 9.17) is 9.57 Å². The van der Waals surface area contributed by atoms with Crippen molar-refractivity contribution in [2.24, 2.45) is 5.16 Å². The number of hydrogen-bond acceptors (Lipinski definition) is 7. The van der Waals surface area contributed by atoms with Gasteiger partial charge in [-0.15, -0.1) is 0 Å². The number of oxime groups is 1. The Hall–Kier alpha value is -3.32. The van der Waals surface area contributed by atoms with Gasteiger partial charge >= 0.3 is 11.9 Å². The first-order valence-electron chi connectivity index (χ1n) is 8.14. The van der Waals surface area contributed by atoms with Crippen molar-refractivity contribution < 1.29 is 23.9 Å². The van der Waals surface area contributed by atoms with Crippen LogP contribution in [-0.4, -0.2) is 26.1 Å². The van der Waals surface area contributed by atoms with Crippen LogP contribution >= 0.6 is 0 Å². The molecule has 1 N–H and O–H groups in total. The molecule has 2 aromatic rings. The van der Waals surface area contributed by atoms with E-state index in [2.05, 4.69) is 26.8 Å². The third kappa shape index (κ3) is 5.86. The molecule has 0 aliphatic rings. The third-order valence-electron chi connectivity index (χ3n) is 3.55. The summed E-state index contributed by atoms with van der Waals surface area (Å²) in [4.78, 5) is 21.8. The van der Waals surface area contributed by atoms with Crippen LogP contribution in [0.4, 0.5) is 0 Å². The number of nitrogens with one attached hydrogen (secondary N) is 1. The average molecular weight is 370 g/mol. The van der Waals surface area contributed by atoms with Gasteiger partial charge in [0.1, 0.15) is 12.9 Å². The Labute approximate surface area is 158 Å². The van der Waals surface area contributed by atoms with Crippen LogP contribution in [0.2, 0.25) is 0 Å². The Morgan fingerprint density at radius 1 is 1.15 bits per heavy atom. The second kappa shape index (κ2) is 9.98. The van der Waals surface area contributed by atoms with Gasteiger partial charge in [0, 0.05) is 5.56 Å². The van der Waals surface area contributed by atoms with Crippen molar-refractivity contribution in [3.63, 3.8) is 0 Å². The zero-order valence-electron chi connectivity index (χ0n) is 15.5. The lowest BCUT2D eigenvalue weighted by Gasteiger charge is -2.13. The van der Waals surface area contributed by atoms with E-state index in [0.29, 0.717) is 18.1 Å². The molecule has 7 nitrogen and oxygen atoms in total. The maximum atomic E-state index is 11.7. The third-order valence-corrected chi connectivity index (χ3v) is 3.55. The first kappa shape index (κ1) is 20.0. The van der Waals surface area contributed by atoms with Crippen molar-refractivity contribution in [2.45, 2.75) is 13.5 Å². The molecular weight excluding hydrogens is 348 g/mol. The Balaban J connectivity index is 2.05. The normalized spacial score (nSPS) is 10.9. The van der Waals surface area contributed by atoms with Gasteiger partial charge in [-0.05, 0) is 29.3 Å². The topological polar surface area (TPSA) is 78.4 Å². The fourth-order valence-corrected chi connectivity index (χ4v) is 2.11. The van der Waals surface area contributed by atoms with E-state index in [1.54, 1.807) is 6.07 Å². The smallest absolute Gasteiger partial charge is 0.397 e. The van der Waals surface area contributed by atoms with Crippen molar-refractivity contribution in [3.05, 3.63) is 71.8 Å². The molecule has 0 aromatic heterocycles. The van der Waals surface area contributed by atoms with E-state index in [-0.39, 0.29) is 5.90 Å². The number of carbonyl (C=O) groups excluding carboxylic acids is 1. The lowest BCUT2D eigenvalue weighted by molar-refractivity contribution is -0.134. The van der Waals surface area contributed by atoms with Crippen LogP contribution in [0.15, 0.2) is 60.3 Å². The van der Waals surface area contributed by atoms with Crippen LogP contribution < -0.4 is 10.2 Å². The summed E-state index contributed by atoms with van der Waals surface area (Å²) in [5.41, 5.74) is 5.91. The number of hydrogen-bond donors (Lipinski definition) is 1.